The Morgan fingerprint density at radius 3 is 2.62 bits per heavy atom. The minimum atomic E-state index is -0.136. The van der Waals surface area contributed by atoms with Crippen LogP contribution in [0.1, 0.15) is 24.7 Å². The SMILES string of the molecule is CC(=O)N(CCC(=O)NCc1n[nH]c(=S)n1C)Cc1ccccc1. The van der Waals surface area contributed by atoms with Gasteiger partial charge in [-0.05, 0) is 17.8 Å². The summed E-state index contributed by atoms with van der Waals surface area (Å²) in [5.41, 5.74) is 1.04. The number of aromatic nitrogens is 3. The zero-order valence-corrected chi connectivity index (χ0v) is 14.6. The van der Waals surface area contributed by atoms with Crippen molar-refractivity contribution in [3.63, 3.8) is 0 Å². The molecule has 0 aliphatic rings. The second-order valence-corrected chi connectivity index (χ2v) is 5.84. The van der Waals surface area contributed by atoms with E-state index in [1.54, 1.807) is 16.5 Å². The second-order valence-electron chi connectivity index (χ2n) is 5.46. The Morgan fingerprint density at radius 1 is 1.33 bits per heavy atom. The minimum Gasteiger partial charge on any atom is -0.349 e. The standard InChI is InChI=1S/C16H21N5O2S/c1-12(22)21(11-13-6-4-3-5-7-13)9-8-15(23)17-10-14-18-19-16(24)20(14)2/h3-7H,8-11H2,1-2H3,(H,17,23)(H,19,24). The van der Waals surface area contributed by atoms with Gasteiger partial charge in [-0.2, -0.15) is 5.10 Å². The zero-order chi connectivity index (χ0) is 17.5. The van der Waals surface area contributed by atoms with Gasteiger partial charge < -0.3 is 14.8 Å². The van der Waals surface area contributed by atoms with Crippen LogP contribution in [0.3, 0.4) is 0 Å². The molecule has 24 heavy (non-hydrogen) atoms. The lowest BCUT2D eigenvalue weighted by atomic mass is 10.2. The average Bonchev–Trinajstić information content (AvgIpc) is 2.89. The third-order valence-corrected chi connectivity index (χ3v) is 4.05. The van der Waals surface area contributed by atoms with E-state index in [0.29, 0.717) is 30.2 Å². The van der Waals surface area contributed by atoms with Crippen molar-refractivity contribution in [2.75, 3.05) is 6.54 Å². The zero-order valence-electron chi connectivity index (χ0n) is 13.8. The summed E-state index contributed by atoms with van der Waals surface area (Å²) < 4.78 is 2.21. The molecule has 2 amide bonds. The van der Waals surface area contributed by atoms with Crippen molar-refractivity contribution in [3.05, 3.63) is 46.5 Å². The lowest BCUT2D eigenvalue weighted by molar-refractivity contribution is -0.130. The topological polar surface area (TPSA) is 83.0 Å². The number of hydrogen-bond donors (Lipinski definition) is 2. The van der Waals surface area contributed by atoms with Crippen molar-refractivity contribution in [2.24, 2.45) is 7.05 Å². The summed E-state index contributed by atoms with van der Waals surface area (Å²) in [6, 6.07) is 9.70. The molecule has 2 N–H and O–H groups in total. The molecule has 0 unspecified atom stereocenters. The Morgan fingerprint density at radius 2 is 2.04 bits per heavy atom. The van der Waals surface area contributed by atoms with Gasteiger partial charge in [0.25, 0.3) is 0 Å². The monoisotopic (exact) mass is 347 g/mol. The van der Waals surface area contributed by atoms with Gasteiger partial charge in [0, 0.05) is 33.5 Å². The van der Waals surface area contributed by atoms with Crippen LogP contribution in [0.15, 0.2) is 30.3 Å². The van der Waals surface area contributed by atoms with Crippen LogP contribution in [-0.2, 0) is 29.7 Å². The van der Waals surface area contributed by atoms with E-state index in [0.717, 1.165) is 5.56 Å². The third kappa shape index (κ3) is 5.02. The van der Waals surface area contributed by atoms with Gasteiger partial charge in [-0.1, -0.05) is 30.3 Å². The maximum absolute atomic E-state index is 12.0. The van der Waals surface area contributed by atoms with Crippen LogP contribution in [0.4, 0.5) is 0 Å². The molecule has 128 valence electrons. The summed E-state index contributed by atoms with van der Waals surface area (Å²) in [6.07, 6.45) is 0.237. The molecule has 8 heteroatoms. The molecular formula is C16H21N5O2S. The highest BCUT2D eigenvalue weighted by atomic mass is 32.1. The van der Waals surface area contributed by atoms with E-state index in [1.807, 2.05) is 30.3 Å². The number of amides is 2. The Balaban J connectivity index is 1.83. The van der Waals surface area contributed by atoms with Crippen LogP contribution in [0.2, 0.25) is 0 Å². The van der Waals surface area contributed by atoms with Gasteiger partial charge >= 0.3 is 0 Å². The van der Waals surface area contributed by atoms with Crippen molar-refractivity contribution in [1.82, 2.24) is 25.0 Å². The molecule has 0 atom stereocenters. The number of carbonyl (C=O) groups excluding carboxylic acids is 2. The number of nitrogens with one attached hydrogen (secondary N) is 2. The maximum atomic E-state index is 12.0. The van der Waals surface area contributed by atoms with Crippen LogP contribution in [0.5, 0.6) is 0 Å². The molecule has 2 rings (SSSR count). The molecule has 0 radical (unpaired) electrons. The van der Waals surface area contributed by atoms with Gasteiger partial charge in [0.1, 0.15) is 0 Å². The van der Waals surface area contributed by atoms with Crippen molar-refractivity contribution in [3.8, 4) is 0 Å². The van der Waals surface area contributed by atoms with E-state index in [1.165, 1.54) is 6.92 Å². The highest BCUT2D eigenvalue weighted by Crippen LogP contribution is 2.05. The van der Waals surface area contributed by atoms with Crippen LogP contribution < -0.4 is 5.32 Å². The Hall–Kier alpha value is -2.48. The van der Waals surface area contributed by atoms with Gasteiger partial charge in [-0.25, -0.2) is 0 Å². The van der Waals surface area contributed by atoms with Crippen molar-refractivity contribution in [1.29, 1.82) is 0 Å². The highest BCUT2D eigenvalue weighted by Gasteiger charge is 2.12. The fourth-order valence-corrected chi connectivity index (χ4v) is 2.34. The lowest BCUT2D eigenvalue weighted by Crippen LogP contribution is -2.33. The highest BCUT2D eigenvalue weighted by molar-refractivity contribution is 7.71. The maximum Gasteiger partial charge on any atom is 0.222 e. The number of hydrogen-bond acceptors (Lipinski definition) is 4. The quantitative estimate of drug-likeness (QED) is 0.744. The summed E-state index contributed by atoms with van der Waals surface area (Å²) in [4.78, 5) is 25.4. The first kappa shape index (κ1) is 17.9. The van der Waals surface area contributed by atoms with E-state index in [4.69, 9.17) is 12.2 Å². The molecular weight excluding hydrogens is 326 g/mol. The normalized spacial score (nSPS) is 10.4. The minimum absolute atomic E-state index is 0.0545. The molecule has 0 fully saturated rings. The fourth-order valence-electron chi connectivity index (χ4n) is 2.19. The first-order chi connectivity index (χ1) is 11.5. The fraction of sp³-hybridized carbons (Fsp3) is 0.375. The summed E-state index contributed by atoms with van der Waals surface area (Å²) >= 11 is 5.02. The molecule has 1 aromatic heterocycles. The summed E-state index contributed by atoms with van der Waals surface area (Å²) in [5, 5.41) is 9.48. The lowest BCUT2D eigenvalue weighted by Gasteiger charge is -2.21. The predicted octanol–water partition coefficient (Wildman–Crippen LogP) is 1.53. The smallest absolute Gasteiger partial charge is 0.222 e. The summed E-state index contributed by atoms with van der Waals surface area (Å²) in [7, 11) is 1.78. The Kier molecular flexibility index (Phi) is 6.25. The van der Waals surface area contributed by atoms with Crippen LogP contribution in [-0.4, -0.2) is 38.0 Å². The van der Waals surface area contributed by atoms with Gasteiger partial charge in [0.2, 0.25) is 11.8 Å². The van der Waals surface area contributed by atoms with E-state index in [9.17, 15) is 9.59 Å². The molecule has 1 heterocycles. The van der Waals surface area contributed by atoms with E-state index >= 15 is 0 Å². The van der Waals surface area contributed by atoms with Crippen LogP contribution >= 0.6 is 12.2 Å². The molecule has 0 aliphatic carbocycles. The van der Waals surface area contributed by atoms with Gasteiger partial charge in [-0.15, -0.1) is 0 Å². The summed E-state index contributed by atoms with van der Waals surface area (Å²) in [6.45, 7) is 2.67. The number of nitrogens with zero attached hydrogens (tertiary/aromatic N) is 3. The molecule has 1 aromatic carbocycles. The Labute approximate surface area is 145 Å². The Bertz CT molecular complexity index is 753. The first-order valence-electron chi connectivity index (χ1n) is 7.63. The third-order valence-electron chi connectivity index (χ3n) is 3.69. The van der Waals surface area contributed by atoms with Crippen molar-refractivity contribution in [2.45, 2.75) is 26.4 Å². The largest absolute Gasteiger partial charge is 0.349 e. The number of H-pyrrole nitrogens is 1. The number of carbonyl (C=O) groups is 2. The van der Waals surface area contributed by atoms with E-state index in [2.05, 4.69) is 15.5 Å². The van der Waals surface area contributed by atoms with Gasteiger partial charge in [0.05, 0.1) is 6.54 Å². The van der Waals surface area contributed by atoms with Crippen molar-refractivity contribution >= 4 is 24.0 Å². The molecule has 0 spiro atoms. The molecule has 0 aliphatic heterocycles. The summed E-state index contributed by atoms with van der Waals surface area (Å²) in [5.74, 6) is 0.463. The van der Waals surface area contributed by atoms with Gasteiger partial charge in [-0.3, -0.25) is 14.7 Å². The number of rotatable bonds is 7. The average molecular weight is 347 g/mol. The van der Waals surface area contributed by atoms with E-state index < -0.39 is 0 Å². The van der Waals surface area contributed by atoms with Crippen LogP contribution in [0, 0.1) is 4.77 Å². The molecule has 7 nitrogen and oxygen atoms in total. The molecule has 0 saturated carbocycles. The predicted molar refractivity (Wildman–Crippen MR) is 92.4 cm³/mol. The second kappa shape index (κ2) is 8.39. The molecule has 2 aromatic rings. The molecule has 0 saturated heterocycles. The number of aromatic amines is 1. The van der Waals surface area contributed by atoms with E-state index in [-0.39, 0.29) is 18.2 Å². The number of benzene rings is 1. The van der Waals surface area contributed by atoms with Gasteiger partial charge in [0.15, 0.2) is 10.6 Å². The molecule has 0 bridgehead atoms. The first-order valence-corrected chi connectivity index (χ1v) is 8.04. The van der Waals surface area contributed by atoms with Crippen LogP contribution in [0.25, 0.3) is 0 Å². The van der Waals surface area contributed by atoms with Crippen molar-refractivity contribution < 1.29 is 9.59 Å².